The van der Waals surface area contributed by atoms with Gasteiger partial charge in [0.1, 0.15) is 0 Å². The Labute approximate surface area is 64.4 Å². The van der Waals surface area contributed by atoms with E-state index in [0.29, 0.717) is 0 Å². The second-order valence-electron chi connectivity index (χ2n) is 2.71. The van der Waals surface area contributed by atoms with E-state index in [9.17, 15) is 5.11 Å². The Hall–Kier alpha value is -0.200. The van der Waals surface area contributed by atoms with E-state index in [2.05, 4.69) is 0 Å². The summed E-state index contributed by atoms with van der Waals surface area (Å²) in [6.45, 7) is -0.207. The van der Waals surface area contributed by atoms with Gasteiger partial charge in [0.2, 0.25) is 0 Å². The van der Waals surface area contributed by atoms with Gasteiger partial charge in [-0.15, -0.1) is 0 Å². The van der Waals surface area contributed by atoms with E-state index in [-0.39, 0.29) is 13.0 Å². The third kappa shape index (κ3) is 1.88. The SMILES string of the molecule is N[C@H]1[C@H](O)O[C@H](CO)C[C@@H]1O. The second kappa shape index (κ2) is 3.46. The molecule has 0 unspecified atom stereocenters. The molecule has 0 radical (unpaired) electrons. The zero-order valence-corrected chi connectivity index (χ0v) is 6.05. The predicted molar refractivity (Wildman–Crippen MR) is 36.6 cm³/mol. The molecule has 1 heterocycles. The lowest BCUT2D eigenvalue weighted by molar-refractivity contribution is -0.207. The molecule has 11 heavy (non-hydrogen) atoms. The van der Waals surface area contributed by atoms with Gasteiger partial charge in [-0.25, -0.2) is 0 Å². The Morgan fingerprint density at radius 1 is 1.45 bits per heavy atom. The molecule has 5 N–H and O–H groups in total. The van der Waals surface area contributed by atoms with E-state index < -0.39 is 24.5 Å². The van der Waals surface area contributed by atoms with Crippen molar-refractivity contribution in [3.05, 3.63) is 0 Å². The molecule has 5 heteroatoms. The number of nitrogens with two attached hydrogens (primary N) is 1. The zero-order chi connectivity index (χ0) is 8.43. The van der Waals surface area contributed by atoms with Gasteiger partial charge in [0.25, 0.3) is 0 Å². The largest absolute Gasteiger partial charge is 0.394 e. The maximum Gasteiger partial charge on any atom is 0.172 e. The molecule has 5 nitrogen and oxygen atoms in total. The Morgan fingerprint density at radius 3 is 2.55 bits per heavy atom. The van der Waals surface area contributed by atoms with E-state index in [0.717, 1.165) is 0 Å². The summed E-state index contributed by atoms with van der Waals surface area (Å²) < 4.78 is 4.84. The quantitative estimate of drug-likeness (QED) is 0.351. The van der Waals surface area contributed by atoms with Crippen LogP contribution in [0.5, 0.6) is 0 Å². The molecule has 66 valence electrons. The molecule has 1 aliphatic rings. The first-order valence-electron chi connectivity index (χ1n) is 3.53. The molecule has 4 atom stereocenters. The minimum Gasteiger partial charge on any atom is -0.394 e. The van der Waals surface area contributed by atoms with Crippen molar-refractivity contribution in [3.8, 4) is 0 Å². The molecule has 1 rings (SSSR count). The maximum absolute atomic E-state index is 9.17. The molecule has 0 spiro atoms. The average Bonchev–Trinajstić information content (AvgIpc) is 1.99. The van der Waals surface area contributed by atoms with Crippen LogP contribution < -0.4 is 5.73 Å². The van der Waals surface area contributed by atoms with Gasteiger partial charge in [0.15, 0.2) is 6.29 Å². The van der Waals surface area contributed by atoms with Crippen molar-refractivity contribution in [2.75, 3.05) is 6.61 Å². The Balaban J connectivity index is 2.47. The smallest absolute Gasteiger partial charge is 0.172 e. The third-order valence-corrected chi connectivity index (χ3v) is 1.81. The highest BCUT2D eigenvalue weighted by Crippen LogP contribution is 2.16. The number of hydrogen-bond donors (Lipinski definition) is 4. The predicted octanol–water partition coefficient (Wildman–Crippen LogP) is -2.23. The van der Waals surface area contributed by atoms with Crippen LogP contribution in [0, 0.1) is 0 Å². The summed E-state index contributed by atoms with van der Waals surface area (Å²) in [5.41, 5.74) is 5.33. The van der Waals surface area contributed by atoms with Crippen molar-refractivity contribution in [1.82, 2.24) is 0 Å². The molecule has 0 bridgehead atoms. The van der Waals surface area contributed by atoms with Gasteiger partial charge in [-0.2, -0.15) is 0 Å². The van der Waals surface area contributed by atoms with Crippen LogP contribution in [0.3, 0.4) is 0 Å². The van der Waals surface area contributed by atoms with E-state index in [1.807, 2.05) is 0 Å². The average molecular weight is 163 g/mol. The van der Waals surface area contributed by atoms with Crippen molar-refractivity contribution < 1.29 is 20.1 Å². The molecular weight excluding hydrogens is 150 g/mol. The topological polar surface area (TPSA) is 95.9 Å². The number of ether oxygens (including phenoxy) is 1. The van der Waals surface area contributed by atoms with Crippen LogP contribution in [0.4, 0.5) is 0 Å². The normalized spacial score (nSPS) is 45.8. The lowest BCUT2D eigenvalue weighted by Crippen LogP contribution is -2.53. The van der Waals surface area contributed by atoms with Crippen molar-refractivity contribution in [1.29, 1.82) is 0 Å². The highest BCUT2D eigenvalue weighted by Gasteiger charge is 2.33. The summed E-state index contributed by atoms with van der Waals surface area (Å²) in [4.78, 5) is 0. The molecule has 0 amide bonds. The summed E-state index contributed by atoms with van der Waals surface area (Å²) in [7, 11) is 0. The van der Waals surface area contributed by atoms with Crippen LogP contribution in [-0.2, 0) is 4.74 Å². The molecule has 1 saturated heterocycles. The van der Waals surface area contributed by atoms with Crippen LogP contribution in [0.15, 0.2) is 0 Å². The Morgan fingerprint density at radius 2 is 2.09 bits per heavy atom. The van der Waals surface area contributed by atoms with E-state index in [4.69, 9.17) is 20.7 Å². The molecule has 0 aromatic rings. The van der Waals surface area contributed by atoms with E-state index in [1.54, 1.807) is 0 Å². The van der Waals surface area contributed by atoms with Crippen molar-refractivity contribution in [2.24, 2.45) is 5.73 Å². The first kappa shape index (κ1) is 8.89. The summed E-state index contributed by atoms with van der Waals surface area (Å²) >= 11 is 0. The Kier molecular flexibility index (Phi) is 2.80. The summed E-state index contributed by atoms with van der Waals surface area (Å²) in [5, 5.41) is 26.8. The standard InChI is InChI=1S/C6H13NO4/c7-5-4(9)1-3(2-8)11-6(5)10/h3-6,8-10H,1-2,7H2/t3-,4-,5+,6+/m0/s1. The van der Waals surface area contributed by atoms with Gasteiger partial charge in [0.05, 0.1) is 24.9 Å². The highest BCUT2D eigenvalue weighted by molar-refractivity contribution is 4.82. The number of rotatable bonds is 1. The van der Waals surface area contributed by atoms with Crippen molar-refractivity contribution in [2.45, 2.75) is 31.0 Å². The number of hydrogen-bond acceptors (Lipinski definition) is 5. The lowest BCUT2D eigenvalue weighted by atomic mass is 10.0. The second-order valence-corrected chi connectivity index (χ2v) is 2.71. The molecular formula is C6H13NO4. The summed E-state index contributed by atoms with van der Waals surface area (Å²) in [6, 6.07) is -0.766. The van der Waals surface area contributed by atoms with E-state index in [1.165, 1.54) is 0 Å². The summed E-state index contributed by atoms with van der Waals surface area (Å²) in [6.07, 6.45) is -2.19. The van der Waals surface area contributed by atoms with Crippen molar-refractivity contribution in [3.63, 3.8) is 0 Å². The lowest BCUT2D eigenvalue weighted by Gasteiger charge is -2.34. The number of aliphatic hydroxyl groups excluding tert-OH is 3. The molecule has 1 fully saturated rings. The van der Waals surface area contributed by atoms with Gasteiger partial charge < -0.3 is 25.8 Å². The summed E-state index contributed by atoms with van der Waals surface area (Å²) in [5.74, 6) is 0. The van der Waals surface area contributed by atoms with Crippen LogP contribution in [0.1, 0.15) is 6.42 Å². The Bertz CT molecular complexity index is 120. The van der Waals surface area contributed by atoms with Crippen molar-refractivity contribution >= 4 is 0 Å². The van der Waals surface area contributed by atoms with Gasteiger partial charge >= 0.3 is 0 Å². The van der Waals surface area contributed by atoms with Gasteiger partial charge in [-0.05, 0) is 0 Å². The van der Waals surface area contributed by atoms with E-state index >= 15 is 0 Å². The first-order chi connectivity index (χ1) is 5.15. The molecule has 0 saturated carbocycles. The van der Waals surface area contributed by atoms with Gasteiger partial charge in [0, 0.05) is 6.42 Å². The van der Waals surface area contributed by atoms with Gasteiger partial charge in [-0.1, -0.05) is 0 Å². The van der Waals surface area contributed by atoms with Crippen LogP contribution in [-0.4, -0.2) is 46.5 Å². The first-order valence-corrected chi connectivity index (χ1v) is 3.53. The zero-order valence-electron chi connectivity index (χ0n) is 6.05. The van der Waals surface area contributed by atoms with Crippen LogP contribution in [0.2, 0.25) is 0 Å². The highest BCUT2D eigenvalue weighted by atomic mass is 16.6. The molecule has 0 aliphatic carbocycles. The van der Waals surface area contributed by atoms with Gasteiger partial charge in [-0.3, -0.25) is 0 Å². The minimum absolute atomic E-state index is 0.207. The number of aliphatic hydroxyl groups is 3. The molecule has 0 aromatic heterocycles. The fraction of sp³-hybridized carbons (Fsp3) is 1.00. The molecule has 1 aliphatic heterocycles. The fourth-order valence-corrected chi connectivity index (χ4v) is 1.08. The minimum atomic E-state index is -1.17. The fourth-order valence-electron chi connectivity index (χ4n) is 1.08. The maximum atomic E-state index is 9.17. The molecule has 0 aromatic carbocycles. The van der Waals surface area contributed by atoms with Crippen LogP contribution in [0.25, 0.3) is 0 Å². The monoisotopic (exact) mass is 163 g/mol. The van der Waals surface area contributed by atoms with Crippen LogP contribution >= 0.6 is 0 Å². The third-order valence-electron chi connectivity index (χ3n) is 1.81.